The monoisotopic (exact) mass is 286 g/mol. The zero-order chi connectivity index (χ0) is 14.8. The number of aromatic hydroxyl groups is 1. The minimum Gasteiger partial charge on any atom is -0.508 e. The Labute approximate surface area is 121 Å². The summed E-state index contributed by atoms with van der Waals surface area (Å²) >= 11 is 0. The maximum atomic E-state index is 13.7. The average Bonchev–Trinajstić information content (AvgIpc) is 2.47. The lowest BCUT2D eigenvalue weighted by Gasteiger charge is -2.27. The second kappa shape index (κ2) is 5.44. The number of rotatable bonds is 2. The second-order valence-corrected chi connectivity index (χ2v) is 5.08. The van der Waals surface area contributed by atoms with Crippen LogP contribution in [-0.4, -0.2) is 23.6 Å². The standard InChI is InChI=1S/C16H15FN2O2/c17-14-8-12(20)5-6-13(14)16(21)19-11-7-10-3-1-2-4-15(10)18-9-11/h1-6,8,11,18,20H,7,9H2,(H,19,21). The van der Waals surface area contributed by atoms with Crippen molar-refractivity contribution in [2.45, 2.75) is 12.5 Å². The van der Waals surface area contributed by atoms with Gasteiger partial charge in [-0.2, -0.15) is 0 Å². The molecule has 0 bridgehead atoms. The van der Waals surface area contributed by atoms with E-state index in [1.807, 2.05) is 24.3 Å². The lowest BCUT2D eigenvalue weighted by molar-refractivity contribution is 0.0934. The zero-order valence-corrected chi connectivity index (χ0v) is 11.3. The number of hydrogen-bond acceptors (Lipinski definition) is 3. The molecule has 1 atom stereocenters. The smallest absolute Gasteiger partial charge is 0.254 e. The number of phenols is 1. The van der Waals surface area contributed by atoms with E-state index in [0.29, 0.717) is 13.0 Å². The highest BCUT2D eigenvalue weighted by molar-refractivity contribution is 5.94. The van der Waals surface area contributed by atoms with Crippen molar-refractivity contribution in [3.8, 4) is 5.75 Å². The Hall–Kier alpha value is -2.56. The molecule has 21 heavy (non-hydrogen) atoms. The number of anilines is 1. The van der Waals surface area contributed by atoms with Gasteiger partial charge < -0.3 is 15.7 Å². The summed E-state index contributed by atoms with van der Waals surface area (Å²) in [5, 5.41) is 15.2. The van der Waals surface area contributed by atoms with Gasteiger partial charge in [-0.05, 0) is 30.2 Å². The van der Waals surface area contributed by atoms with Gasteiger partial charge in [-0.3, -0.25) is 4.79 Å². The molecule has 5 heteroatoms. The molecule has 2 aromatic carbocycles. The van der Waals surface area contributed by atoms with Crippen LogP contribution < -0.4 is 10.6 Å². The van der Waals surface area contributed by atoms with Crippen molar-refractivity contribution in [1.82, 2.24) is 5.32 Å². The molecule has 2 aromatic rings. The number of carbonyl (C=O) groups is 1. The van der Waals surface area contributed by atoms with E-state index in [0.717, 1.165) is 17.3 Å². The summed E-state index contributed by atoms with van der Waals surface area (Å²) in [7, 11) is 0. The molecule has 0 saturated carbocycles. The SMILES string of the molecule is O=C(NC1CNc2ccccc2C1)c1ccc(O)cc1F. The Balaban J connectivity index is 1.71. The van der Waals surface area contributed by atoms with E-state index in [9.17, 15) is 9.18 Å². The number of amides is 1. The van der Waals surface area contributed by atoms with Crippen molar-refractivity contribution < 1.29 is 14.3 Å². The maximum absolute atomic E-state index is 13.7. The van der Waals surface area contributed by atoms with E-state index in [4.69, 9.17) is 5.11 Å². The Kier molecular flexibility index (Phi) is 3.48. The van der Waals surface area contributed by atoms with Crippen molar-refractivity contribution in [2.24, 2.45) is 0 Å². The number of phenolic OH excluding ortho intramolecular Hbond substituents is 1. The van der Waals surface area contributed by atoms with Crippen LogP contribution in [0.15, 0.2) is 42.5 Å². The van der Waals surface area contributed by atoms with Crippen molar-refractivity contribution in [2.75, 3.05) is 11.9 Å². The third-order valence-electron chi connectivity index (χ3n) is 3.56. The van der Waals surface area contributed by atoms with Crippen LogP contribution in [0.5, 0.6) is 5.75 Å². The molecule has 1 amide bonds. The molecule has 0 aromatic heterocycles. The normalized spacial score (nSPS) is 16.7. The fraction of sp³-hybridized carbons (Fsp3) is 0.188. The number of hydrogen-bond donors (Lipinski definition) is 3. The van der Waals surface area contributed by atoms with Gasteiger partial charge in [-0.1, -0.05) is 18.2 Å². The van der Waals surface area contributed by atoms with E-state index >= 15 is 0 Å². The molecule has 3 rings (SSSR count). The Morgan fingerprint density at radius 2 is 2.10 bits per heavy atom. The van der Waals surface area contributed by atoms with Crippen LogP contribution >= 0.6 is 0 Å². The van der Waals surface area contributed by atoms with Crippen molar-refractivity contribution in [3.63, 3.8) is 0 Å². The Bertz CT molecular complexity index is 688. The molecule has 1 heterocycles. The molecular formula is C16H15FN2O2. The number of fused-ring (bicyclic) bond motifs is 1. The minimum absolute atomic E-state index is 0.0633. The van der Waals surface area contributed by atoms with Gasteiger partial charge in [0.2, 0.25) is 0 Å². The first kappa shape index (κ1) is 13.4. The van der Waals surface area contributed by atoms with E-state index in [2.05, 4.69) is 10.6 Å². The minimum atomic E-state index is -0.725. The van der Waals surface area contributed by atoms with Gasteiger partial charge in [0.1, 0.15) is 11.6 Å². The molecule has 0 fully saturated rings. The third kappa shape index (κ3) is 2.81. The highest BCUT2D eigenvalue weighted by Gasteiger charge is 2.21. The summed E-state index contributed by atoms with van der Waals surface area (Å²) in [6, 6.07) is 11.3. The predicted octanol–water partition coefficient (Wildman–Crippen LogP) is 2.30. The van der Waals surface area contributed by atoms with E-state index in [1.165, 1.54) is 12.1 Å². The van der Waals surface area contributed by atoms with Crippen LogP contribution in [0, 0.1) is 5.82 Å². The number of benzene rings is 2. The summed E-state index contributed by atoms with van der Waals surface area (Å²) in [5.41, 5.74) is 2.13. The van der Waals surface area contributed by atoms with Gasteiger partial charge in [-0.25, -0.2) is 4.39 Å². The van der Waals surface area contributed by atoms with Crippen LogP contribution in [0.4, 0.5) is 10.1 Å². The summed E-state index contributed by atoms with van der Waals surface area (Å²) in [4.78, 5) is 12.1. The molecule has 1 unspecified atom stereocenters. The predicted molar refractivity (Wildman–Crippen MR) is 78.0 cm³/mol. The van der Waals surface area contributed by atoms with Crippen molar-refractivity contribution in [3.05, 3.63) is 59.4 Å². The fourth-order valence-electron chi connectivity index (χ4n) is 2.49. The molecule has 0 aliphatic carbocycles. The molecular weight excluding hydrogens is 271 g/mol. The lowest BCUT2D eigenvalue weighted by atomic mass is 9.99. The highest BCUT2D eigenvalue weighted by Crippen LogP contribution is 2.21. The van der Waals surface area contributed by atoms with Gasteiger partial charge in [0.25, 0.3) is 5.91 Å². The van der Waals surface area contributed by atoms with Crippen LogP contribution in [0.2, 0.25) is 0 Å². The van der Waals surface area contributed by atoms with Crippen molar-refractivity contribution in [1.29, 1.82) is 0 Å². The van der Waals surface area contributed by atoms with E-state index < -0.39 is 11.7 Å². The Morgan fingerprint density at radius 3 is 2.90 bits per heavy atom. The molecule has 3 N–H and O–H groups in total. The van der Waals surface area contributed by atoms with Gasteiger partial charge in [0.05, 0.1) is 11.6 Å². The molecule has 0 saturated heterocycles. The molecule has 0 spiro atoms. The third-order valence-corrected chi connectivity index (χ3v) is 3.56. The number of para-hydroxylation sites is 1. The first-order valence-corrected chi connectivity index (χ1v) is 6.74. The highest BCUT2D eigenvalue weighted by atomic mass is 19.1. The van der Waals surface area contributed by atoms with Crippen LogP contribution in [0.3, 0.4) is 0 Å². The lowest BCUT2D eigenvalue weighted by Crippen LogP contribution is -2.43. The summed E-state index contributed by atoms with van der Waals surface area (Å²) < 4.78 is 13.7. The summed E-state index contributed by atoms with van der Waals surface area (Å²) in [6.07, 6.45) is 0.703. The molecule has 0 radical (unpaired) electrons. The van der Waals surface area contributed by atoms with E-state index in [-0.39, 0.29) is 17.4 Å². The van der Waals surface area contributed by atoms with Crippen LogP contribution in [0.1, 0.15) is 15.9 Å². The Morgan fingerprint density at radius 1 is 1.29 bits per heavy atom. The number of carbonyl (C=O) groups excluding carboxylic acids is 1. The fourth-order valence-corrected chi connectivity index (χ4v) is 2.49. The van der Waals surface area contributed by atoms with Crippen LogP contribution in [0.25, 0.3) is 0 Å². The topological polar surface area (TPSA) is 61.4 Å². The van der Waals surface area contributed by atoms with E-state index in [1.54, 1.807) is 0 Å². The molecule has 1 aliphatic heterocycles. The quantitative estimate of drug-likeness (QED) is 0.794. The van der Waals surface area contributed by atoms with Gasteiger partial charge in [-0.15, -0.1) is 0 Å². The largest absolute Gasteiger partial charge is 0.508 e. The first-order chi connectivity index (χ1) is 10.1. The van der Waals surface area contributed by atoms with Gasteiger partial charge in [0.15, 0.2) is 0 Å². The zero-order valence-electron chi connectivity index (χ0n) is 11.3. The molecule has 1 aliphatic rings. The summed E-state index contributed by atoms with van der Waals surface area (Å²) in [6.45, 7) is 0.600. The van der Waals surface area contributed by atoms with Gasteiger partial charge in [0, 0.05) is 18.3 Å². The maximum Gasteiger partial charge on any atom is 0.254 e. The second-order valence-electron chi connectivity index (χ2n) is 5.08. The number of nitrogens with one attached hydrogen (secondary N) is 2. The average molecular weight is 286 g/mol. The van der Waals surface area contributed by atoms with Crippen molar-refractivity contribution >= 4 is 11.6 Å². The number of halogens is 1. The molecule has 108 valence electrons. The first-order valence-electron chi connectivity index (χ1n) is 6.74. The molecule has 4 nitrogen and oxygen atoms in total. The van der Waals surface area contributed by atoms with Crippen LogP contribution in [-0.2, 0) is 6.42 Å². The van der Waals surface area contributed by atoms with Gasteiger partial charge >= 0.3 is 0 Å². The summed E-state index contributed by atoms with van der Waals surface area (Å²) in [5.74, 6) is -1.40.